The van der Waals surface area contributed by atoms with Gasteiger partial charge in [0.1, 0.15) is 11.6 Å². The largest absolute Gasteiger partial charge is 0.378 e. The molecule has 0 bridgehead atoms. The minimum Gasteiger partial charge on any atom is -0.378 e. The van der Waals surface area contributed by atoms with Crippen molar-refractivity contribution < 1.29 is 13.9 Å². The minimum absolute atomic E-state index is 0.251. The summed E-state index contributed by atoms with van der Waals surface area (Å²) in [5, 5.41) is 3.35. The second-order valence-corrected chi connectivity index (χ2v) is 7.54. The van der Waals surface area contributed by atoms with Crippen LogP contribution in [0.15, 0.2) is 60.9 Å². The Balaban J connectivity index is 1.56. The lowest BCUT2D eigenvalue weighted by Gasteiger charge is -2.29. The maximum atomic E-state index is 13.5. The number of hydrogen-bond acceptors (Lipinski definition) is 6. The van der Waals surface area contributed by atoms with Gasteiger partial charge in [-0.1, -0.05) is 18.2 Å². The second-order valence-electron chi connectivity index (χ2n) is 7.54. The van der Waals surface area contributed by atoms with Crippen molar-refractivity contribution in [2.24, 2.45) is 0 Å². The molecule has 1 aliphatic heterocycles. The monoisotopic (exact) mass is 435 g/mol. The Hall–Kier alpha value is -3.52. The molecule has 1 fully saturated rings. The molecule has 1 aromatic carbocycles. The van der Waals surface area contributed by atoms with E-state index < -0.39 is 0 Å². The van der Waals surface area contributed by atoms with E-state index in [1.807, 2.05) is 30.3 Å². The van der Waals surface area contributed by atoms with Crippen LogP contribution in [0.25, 0.3) is 0 Å². The summed E-state index contributed by atoms with van der Waals surface area (Å²) < 4.78 is 18.9. The number of carbonyl (C=O) groups is 1. The van der Waals surface area contributed by atoms with Crippen LogP contribution < -0.4 is 15.1 Å². The molecule has 0 spiro atoms. The number of rotatable bonds is 9. The first-order valence-corrected chi connectivity index (χ1v) is 10.7. The van der Waals surface area contributed by atoms with Gasteiger partial charge in [-0.25, -0.2) is 9.37 Å². The number of carbonyl (C=O) groups excluding carboxylic acids is 1. The highest BCUT2D eigenvalue weighted by Crippen LogP contribution is 2.28. The van der Waals surface area contributed by atoms with E-state index >= 15 is 0 Å². The second kappa shape index (κ2) is 10.7. The van der Waals surface area contributed by atoms with E-state index in [0.717, 1.165) is 36.4 Å². The maximum absolute atomic E-state index is 13.5. The van der Waals surface area contributed by atoms with Gasteiger partial charge >= 0.3 is 0 Å². The lowest BCUT2D eigenvalue weighted by atomic mass is 10.1. The molecular weight excluding hydrogens is 409 g/mol. The Morgan fingerprint density at radius 2 is 1.97 bits per heavy atom. The van der Waals surface area contributed by atoms with Crippen LogP contribution in [-0.4, -0.2) is 49.2 Å². The molecule has 0 aliphatic carbocycles. The third-order valence-electron chi connectivity index (χ3n) is 5.30. The number of pyridine rings is 2. The van der Waals surface area contributed by atoms with Crippen LogP contribution in [0.5, 0.6) is 0 Å². The summed E-state index contributed by atoms with van der Waals surface area (Å²) in [6.45, 7) is 3.79. The molecule has 1 saturated heterocycles. The lowest BCUT2D eigenvalue weighted by Crippen LogP contribution is -2.37. The van der Waals surface area contributed by atoms with Crippen molar-refractivity contribution in [1.82, 2.24) is 9.97 Å². The Morgan fingerprint density at radius 1 is 1.12 bits per heavy atom. The van der Waals surface area contributed by atoms with Crippen molar-refractivity contribution in [2.75, 3.05) is 48.0 Å². The van der Waals surface area contributed by atoms with Crippen LogP contribution in [0.3, 0.4) is 0 Å². The number of nitrogens with one attached hydrogen (secondary N) is 1. The summed E-state index contributed by atoms with van der Waals surface area (Å²) in [4.78, 5) is 24.7. The van der Waals surface area contributed by atoms with Crippen molar-refractivity contribution >= 4 is 23.7 Å². The average Bonchev–Trinajstić information content (AvgIpc) is 2.84. The van der Waals surface area contributed by atoms with Gasteiger partial charge in [-0.3, -0.25) is 9.78 Å². The molecule has 0 saturated carbocycles. The zero-order valence-corrected chi connectivity index (χ0v) is 17.8. The first-order chi connectivity index (χ1) is 15.7. The Morgan fingerprint density at radius 3 is 2.72 bits per heavy atom. The summed E-state index contributed by atoms with van der Waals surface area (Å²) in [6, 6.07) is 14.2. The van der Waals surface area contributed by atoms with Crippen molar-refractivity contribution in [1.29, 1.82) is 0 Å². The zero-order chi connectivity index (χ0) is 22.2. The molecule has 3 heterocycles. The first-order valence-electron chi connectivity index (χ1n) is 10.7. The van der Waals surface area contributed by atoms with Crippen molar-refractivity contribution in [3.8, 4) is 0 Å². The number of ether oxygens (including phenoxy) is 1. The van der Waals surface area contributed by atoms with Crippen LogP contribution in [-0.2, 0) is 22.5 Å². The molecule has 0 unspecified atom stereocenters. The Labute approximate surface area is 186 Å². The maximum Gasteiger partial charge on any atom is 0.214 e. The number of morpholine rings is 1. The third kappa shape index (κ3) is 5.59. The summed E-state index contributed by atoms with van der Waals surface area (Å²) in [5.41, 5.74) is 2.49. The molecule has 8 heteroatoms. The molecule has 3 aromatic rings. The number of nitrogens with zero attached hydrogens (tertiary/aromatic N) is 4. The molecule has 4 rings (SSSR count). The zero-order valence-electron chi connectivity index (χ0n) is 17.8. The molecule has 1 N–H and O–H groups in total. The molecule has 0 atom stereocenters. The van der Waals surface area contributed by atoms with Gasteiger partial charge in [-0.05, 0) is 47.9 Å². The van der Waals surface area contributed by atoms with Crippen molar-refractivity contribution in [3.05, 3.63) is 77.9 Å². The van der Waals surface area contributed by atoms with E-state index in [2.05, 4.69) is 15.2 Å². The van der Waals surface area contributed by atoms with Crippen LogP contribution in [0.1, 0.15) is 11.1 Å². The fraction of sp³-hybridized carbons (Fsp3) is 0.292. The predicted octanol–water partition coefficient (Wildman–Crippen LogP) is 3.27. The molecule has 166 valence electrons. The normalized spacial score (nSPS) is 13.6. The third-order valence-corrected chi connectivity index (χ3v) is 5.30. The highest BCUT2D eigenvalue weighted by Gasteiger charge is 2.18. The van der Waals surface area contributed by atoms with Gasteiger partial charge in [0.2, 0.25) is 6.41 Å². The van der Waals surface area contributed by atoms with Gasteiger partial charge < -0.3 is 19.9 Å². The fourth-order valence-electron chi connectivity index (χ4n) is 3.66. The molecule has 0 radical (unpaired) electrons. The van der Waals surface area contributed by atoms with Gasteiger partial charge in [0.05, 0.1) is 25.4 Å². The molecule has 32 heavy (non-hydrogen) atoms. The summed E-state index contributed by atoms with van der Waals surface area (Å²) in [6.07, 6.45) is 4.87. The highest BCUT2D eigenvalue weighted by molar-refractivity contribution is 5.82. The van der Waals surface area contributed by atoms with Crippen molar-refractivity contribution in [2.45, 2.75) is 13.0 Å². The number of amides is 1. The molecule has 2 aromatic heterocycles. The Kier molecular flexibility index (Phi) is 7.24. The molecule has 7 nitrogen and oxygen atoms in total. The van der Waals surface area contributed by atoms with E-state index in [9.17, 15) is 9.18 Å². The SMILES string of the molecule is O=CN(Cc1cccnc1)c1ccc(N2CCOCC2)nc1NCCc1cccc(F)c1. The minimum atomic E-state index is -0.251. The van der Waals surface area contributed by atoms with Gasteiger partial charge in [0.25, 0.3) is 0 Å². The summed E-state index contributed by atoms with van der Waals surface area (Å²) >= 11 is 0. The number of benzene rings is 1. The quantitative estimate of drug-likeness (QED) is 0.520. The standard InChI is InChI=1S/C24H26FN5O2/c25-21-5-1-3-19(15-21)8-10-27-24-22(30(18-31)17-20-4-2-9-26-16-20)6-7-23(28-24)29-11-13-32-14-12-29/h1-7,9,15-16,18H,8,10-14,17H2,(H,27,28). The number of anilines is 3. The van der Waals surface area contributed by atoms with Crippen LogP contribution >= 0.6 is 0 Å². The molecule has 1 amide bonds. The van der Waals surface area contributed by atoms with E-state index in [1.54, 1.807) is 23.4 Å². The van der Waals surface area contributed by atoms with E-state index in [-0.39, 0.29) is 5.82 Å². The topological polar surface area (TPSA) is 70.6 Å². The van der Waals surface area contributed by atoms with Gasteiger partial charge in [0.15, 0.2) is 5.82 Å². The smallest absolute Gasteiger partial charge is 0.214 e. The van der Waals surface area contributed by atoms with Crippen LogP contribution in [0, 0.1) is 5.82 Å². The average molecular weight is 436 g/mol. The summed E-state index contributed by atoms with van der Waals surface area (Å²) in [5.74, 6) is 1.19. The van der Waals surface area contributed by atoms with Gasteiger partial charge in [0, 0.05) is 32.0 Å². The van der Waals surface area contributed by atoms with Crippen molar-refractivity contribution in [3.63, 3.8) is 0 Å². The van der Waals surface area contributed by atoms with E-state index in [4.69, 9.17) is 9.72 Å². The summed E-state index contributed by atoms with van der Waals surface area (Å²) in [7, 11) is 0. The number of hydrogen-bond donors (Lipinski definition) is 1. The van der Waals surface area contributed by atoms with E-state index in [1.165, 1.54) is 12.1 Å². The fourth-order valence-corrected chi connectivity index (χ4v) is 3.66. The molecule has 1 aliphatic rings. The van der Waals surface area contributed by atoms with Crippen LogP contribution in [0.4, 0.5) is 21.7 Å². The van der Waals surface area contributed by atoms with Crippen LogP contribution in [0.2, 0.25) is 0 Å². The lowest BCUT2D eigenvalue weighted by molar-refractivity contribution is -0.107. The van der Waals surface area contributed by atoms with E-state index in [0.29, 0.717) is 44.2 Å². The Bertz CT molecular complexity index is 1030. The molecular formula is C24H26FN5O2. The number of halogens is 1. The highest BCUT2D eigenvalue weighted by atomic mass is 19.1. The van der Waals surface area contributed by atoms with Gasteiger partial charge in [-0.15, -0.1) is 0 Å². The number of aromatic nitrogens is 2. The predicted molar refractivity (Wildman–Crippen MR) is 122 cm³/mol. The van der Waals surface area contributed by atoms with Gasteiger partial charge in [-0.2, -0.15) is 0 Å². The first kappa shape index (κ1) is 21.7.